The van der Waals surface area contributed by atoms with Crippen molar-refractivity contribution in [1.82, 2.24) is 9.97 Å². The summed E-state index contributed by atoms with van der Waals surface area (Å²) in [7, 11) is 0. The van der Waals surface area contributed by atoms with Crippen molar-refractivity contribution in [2.75, 3.05) is 0 Å². The molecule has 0 unspecified atom stereocenters. The lowest BCUT2D eigenvalue weighted by atomic mass is 9.95. The first kappa shape index (κ1) is 18.6. The van der Waals surface area contributed by atoms with Gasteiger partial charge in [0.1, 0.15) is 5.69 Å². The highest BCUT2D eigenvalue weighted by molar-refractivity contribution is 5.97. The number of benzene rings is 2. The van der Waals surface area contributed by atoms with Gasteiger partial charge >= 0.3 is 6.18 Å². The van der Waals surface area contributed by atoms with Gasteiger partial charge in [0, 0.05) is 18.8 Å². The van der Waals surface area contributed by atoms with Gasteiger partial charge in [-0.1, -0.05) is 30.3 Å². The van der Waals surface area contributed by atoms with Crippen LogP contribution in [-0.2, 0) is 12.6 Å². The third-order valence-electron chi connectivity index (χ3n) is 3.83. The Morgan fingerprint density at radius 2 is 1.63 bits per heavy atom. The fourth-order valence-electron chi connectivity index (χ4n) is 2.63. The molecule has 3 aromatic rings. The second-order valence-corrected chi connectivity index (χ2v) is 5.64. The minimum Gasteiger partial charge on any atom is -0.292 e. The van der Waals surface area contributed by atoms with E-state index in [1.54, 1.807) is 18.2 Å². The Labute approximate surface area is 150 Å². The van der Waals surface area contributed by atoms with Crippen LogP contribution in [0.1, 0.15) is 21.7 Å². The zero-order chi connectivity index (χ0) is 19.6. The molecule has 27 heavy (non-hydrogen) atoms. The van der Waals surface area contributed by atoms with E-state index in [0.29, 0.717) is 16.7 Å². The van der Waals surface area contributed by atoms with Crippen LogP contribution in [0.5, 0.6) is 0 Å². The molecule has 0 N–H and O–H groups in total. The van der Waals surface area contributed by atoms with Gasteiger partial charge in [0.25, 0.3) is 0 Å². The fraction of sp³-hybridized carbons (Fsp3) is 0.105. The number of hydrogen-bond acceptors (Lipinski definition) is 3. The van der Waals surface area contributed by atoms with Crippen molar-refractivity contribution in [2.45, 2.75) is 12.6 Å². The second-order valence-electron chi connectivity index (χ2n) is 5.64. The number of carbonyl (C=O) groups excluding carboxylic acids is 1. The maximum absolute atomic E-state index is 13.5. The van der Waals surface area contributed by atoms with Crippen LogP contribution >= 0.6 is 0 Å². The summed E-state index contributed by atoms with van der Waals surface area (Å²) in [5.74, 6) is -2.98. The van der Waals surface area contributed by atoms with Crippen molar-refractivity contribution in [2.24, 2.45) is 0 Å². The van der Waals surface area contributed by atoms with Crippen molar-refractivity contribution < 1.29 is 26.7 Å². The summed E-state index contributed by atoms with van der Waals surface area (Å²) in [6.45, 7) is 0. The van der Waals surface area contributed by atoms with E-state index in [9.17, 15) is 26.7 Å². The van der Waals surface area contributed by atoms with Crippen LogP contribution in [0, 0.1) is 11.6 Å². The van der Waals surface area contributed by atoms with E-state index in [2.05, 4.69) is 9.97 Å². The quantitative estimate of drug-likeness (QED) is 0.481. The van der Waals surface area contributed by atoms with Crippen molar-refractivity contribution in [3.05, 3.63) is 83.4 Å². The summed E-state index contributed by atoms with van der Waals surface area (Å²) >= 11 is 0. The van der Waals surface area contributed by atoms with Crippen molar-refractivity contribution >= 4 is 5.78 Å². The number of rotatable bonds is 4. The first-order valence-corrected chi connectivity index (χ1v) is 7.72. The molecule has 3 rings (SSSR count). The summed E-state index contributed by atoms with van der Waals surface area (Å²) in [6.07, 6.45) is -3.37. The third kappa shape index (κ3) is 3.99. The number of alkyl halides is 3. The highest BCUT2D eigenvalue weighted by Crippen LogP contribution is 2.31. The van der Waals surface area contributed by atoms with Gasteiger partial charge in [-0.15, -0.1) is 0 Å². The van der Waals surface area contributed by atoms with Gasteiger partial charge in [-0.3, -0.25) is 4.79 Å². The molecule has 1 aromatic heterocycles. The molecule has 138 valence electrons. The molecule has 0 saturated heterocycles. The predicted molar refractivity (Wildman–Crippen MR) is 86.9 cm³/mol. The number of aromatic nitrogens is 2. The van der Waals surface area contributed by atoms with Crippen LogP contribution in [-0.4, -0.2) is 15.8 Å². The molecule has 0 atom stereocenters. The van der Waals surface area contributed by atoms with Gasteiger partial charge in [0.2, 0.25) is 0 Å². The molecular formula is C19H11F5N2O. The Morgan fingerprint density at radius 3 is 2.33 bits per heavy atom. The van der Waals surface area contributed by atoms with Gasteiger partial charge in [-0.2, -0.15) is 13.2 Å². The van der Waals surface area contributed by atoms with Crippen LogP contribution < -0.4 is 0 Å². The highest BCUT2D eigenvalue weighted by Gasteiger charge is 2.37. The molecule has 1 heterocycles. The number of Topliss-reactive ketones (excluding diaryl/α,β-unsaturated/α-hetero) is 1. The smallest absolute Gasteiger partial charge is 0.292 e. The lowest BCUT2D eigenvalue weighted by Gasteiger charge is -2.12. The summed E-state index contributed by atoms with van der Waals surface area (Å²) in [5, 5.41) is 0. The van der Waals surface area contributed by atoms with Crippen LogP contribution in [0.3, 0.4) is 0 Å². The van der Waals surface area contributed by atoms with Crippen molar-refractivity contribution in [3.8, 4) is 11.1 Å². The fourth-order valence-corrected chi connectivity index (χ4v) is 2.63. The molecule has 0 aliphatic heterocycles. The molecule has 0 spiro atoms. The van der Waals surface area contributed by atoms with E-state index in [1.807, 2.05) is 0 Å². The van der Waals surface area contributed by atoms with Crippen LogP contribution in [0.15, 0.2) is 54.9 Å². The number of nitrogens with zero attached hydrogens (tertiary/aromatic N) is 2. The largest absolute Gasteiger partial charge is 0.435 e. The topological polar surface area (TPSA) is 42.9 Å². The lowest BCUT2D eigenvalue weighted by Crippen LogP contribution is -2.18. The minimum atomic E-state index is -4.82. The van der Waals surface area contributed by atoms with Gasteiger partial charge in [0.15, 0.2) is 23.1 Å². The standard InChI is InChI=1S/C19H11F5N2O/c20-14-6-5-12(9-15(14)21)13-4-2-1-3-11(13)10-16(27)17-18(19(22,23)24)26-8-7-25-17/h1-9H,10H2. The average molecular weight is 378 g/mol. The predicted octanol–water partition coefficient (Wildman–Crippen LogP) is 4.87. The molecular weight excluding hydrogens is 367 g/mol. The molecule has 2 aromatic carbocycles. The van der Waals surface area contributed by atoms with Crippen LogP contribution in [0.4, 0.5) is 22.0 Å². The Morgan fingerprint density at radius 1 is 0.926 bits per heavy atom. The van der Waals surface area contributed by atoms with Gasteiger partial charge < -0.3 is 0 Å². The number of halogens is 5. The summed E-state index contributed by atoms with van der Waals surface area (Å²) in [6, 6.07) is 9.52. The van der Waals surface area contributed by atoms with E-state index < -0.39 is 41.4 Å². The summed E-state index contributed by atoms with van der Waals surface area (Å²) in [5.41, 5.74) is -1.09. The molecule has 3 nitrogen and oxygen atoms in total. The van der Waals surface area contributed by atoms with E-state index >= 15 is 0 Å². The van der Waals surface area contributed by atoms with Gasteiger partial charge in [0.05, 0.1) is 0 Å². The molecule has 0 aliphatic rings. The lowest BCUT2D eigenvalue weighted by molar-refractivity contribution is -0.141. The SMILES string of the molecule is O=C(Cc1ccccc1-c1ccc(F)c(F)c1)c1nccnc1C(F)(F)F. The van der Waals surface area contributed by atoms with Crippen LogP contribution in [0.25, 0.3) is 11.1 Å². The van der Waals surface area contributed by atoms with Gasteiger partial charge in [-0.25, -0.2) is 18.7 Å². The first-order chi connectivity index (χ1) is 12.8. The number of hydrogen-bond donors (Lipinski definition) is 0. The molecule has 0 radical (unpaired) electrons. The Kier molecular flexibility index (Phi) is 4.98. The molecule has 0 aliphatic carbocycles. The summed E-state index contributed by atoms with van der Waals surface area (Å²) in [4.78, 5) is 19.2. The van der Waals surface area contributed by atoms with E-state index in [0.717, 1.165) is 24.5 Å². The third-order valence-corrected chi connectivity index (χ3v) is 3.83. The first-order valence-electron chi connectivity index (χ1n) is 7.72. The van der Waals surface area contributed by atoms with Crippen molar-refractivity contribution in [3.63, 3.8) is 0 Å². The van der Waals surface area contributed by atoms with Crippen LogP contribution in [0.2, 0.25) is 0 Å². The highest BCUT2D eigenvalue weighted by atomic mass is 19.4. The Hall–Kier alpha value is -3.16. The average Bonchev–Trinajstić information content (AvgIpc) is 2.64. The molecule has 0 bridgehead atoms. The minimum absolute atomic E-state index is 0.299. The second kappa shape index (κ2) is 7.22. The molecule has 0 saturated carbocycles. The van der Waals surface area contributed by atoms with E-state index in [4.69, 9.17) is 0 Å². The molecule has 0 amide bonds. The van der Waals surface area contributed by atoms with Gasteiger partial charge in [-0.05, 0) is 28.8 Å². The zero-order valence-electron chi connectivity index (χ0n) is 13.6. The maximum atomic E-state index is 13.5. The maximum Gasteiger partial charge on any atom is 0.435 e. The zero-order valence-corrected chi connectivity index (χ0v) is 13.6. The molecule has 0 fully saturated rings. The summed E-state index contributed by atoms with van der Waals surface area (Å²) < 4.78 is 65.8. The van der Waals surface area contributed by atoms with Crippen molar-refractivity contribution in [1.29, 1.82) is 0 Å². The van der Waals surface area contributed by atoms with E-state index in [1.165, 1.54) is 12.1 Å². The number of ketones is 1. The number of carbonyl (C=O) groups is 1. The Balaban J connectivity index is 1.98. The normalized spacial score (nSPS) is 11.4. The van der Waals surface area contributed by atoms with E-state index in [-0.39, 0.29) is 0 Å². The Bertz CT molecular complexity index is 1000. The molecule has 8 heteroatoms. The monoisotopic (exact) mass is 378 g/mol.